The van der Waals surface area contributed by atoms with Gasteiger partial charge in [-0.2, -0.15) is 13.2 Å². The number of hydrogen-bond acceptors (Lipinski definition) is 2. The third-order valence-corrected chi connectivity index (χ3v) is 5.82. The molecule has 1 aliphatic heterocycles. The number of halogens is 4. The Morgan fingerprint density at radius 2 is 1.66 bits per heavy atom. The summed E-state index contributed by atoms with van der Waals surface area (Å²) in [6.45, 7) is 1.52. The fourth-order valence-electron chi connectivity index (χ4n) is 3.71. The number of fused-ring (bicyclic) bond motifs is 1. The topological polar surface area (TPSA) is 32.3 Å². The van der Waals surface area contributed by atoms with Crippen LogP contribution in [0.2, 0.25) is 0 Å². The second kappa shape index (κ2) is 7.71. The standard InChI is InChI=1S/C22H18BrF3N2O/c23-18-8-4-5-15-16(18)6-3-7-17(15)21(29)27-19-13-14(22(24,25)26)9-10-20(19)28-11-1-2-12-28/h3-10,13H,1-2,11-12H2,(H,27,29). The second-order valence-electron chi connectivity index (χ2n) is 7.02. The number of hydrogen-bond donors (Lipinski definition) is 1. The van der Waals surface area contributed by atoms with Crippen LogP contribution in [0.5, 0.6) is 0 Å². The molecule has 0 spiro atoms. The highest BCUT2D eigenvalue weighted by atomic mass is 79.9. The Labute approximate surface area is 174 Å². The molecule has 1 fully saturated rings. The van der Waals surface area contributed by atoms with Gasteiger partial charge >= 0.3 is 6.18 Å². The van der Waals surface area contributed by atoms with Gasteiger partial charge < -0.3 is 10.2 Å². The number of carbonyl (C=O) groups is 1. The highest BCUT2D eigenvalue weighted by Crippen LogP contribution is 2.37. The molecule has 0 atom stereocenters. The summed E-state index contributed by atoms with van der Waals surface area (Å²) >= 11 is 3.47. The number of nitrogens with zero attached hydrogens (tertiary/aromatic N) is 1. The molecule has 150 valence electrons. The minimum absolute atomic E-state index is 0.179. The molecular weight excluding hydrogens is 445 g/mol. The molecule has 1 heterocycles. The Hall–Kier alpha value is -2.54. The molecule has 0 aliphatic carbocycles. The van der Waals surface area contributed by atoms with Crippen molar-refractivity contribution >= 4 is 44.0 Å². The van der Waals surface area contributed by atoms with E-state index in [4.69, 9.17) is 0 Å². The molecule has 0 saturated carbocycles. The quantitative estimate of drug-likeness (QED) is 0.483. The van der Waals surface area contributed by atoms with Crippen molar-refractivity contribution in [3.8, 4) is 0 Å². The number of amides is 1. The molecule has 0 aromatic heterocycles. The van der Waals surface area contributed by atoms with Crippen LogP contribution in [0.25, 0.3) is 10.8 Å². The zero-order chi connectivity index (χ0) is 20.6. The van der Waals surface area contributed by atoms with Gasteiger partial charge in [0.1, 0.15) is 0 Å². The first-order valence-corrected chi connectivity index (χ1v) is 10.1. The average molecular weight is 463 g/mol. The van der Waals surface area contributed by atoms with Crippen LogP contribution in [-0.2, 0) is 6.18 Å². The zero-order valence-electron chi connectivity index (χ0n) is 15.4. The van der Waals surface area contributed by atoms with E-state index < -0.39 is 17.6 Å². The highest BCUT2D eigenvalue weighted by Gasteiger charge is 2.32. The third-order valence-electron chi connectivity index (χ3n) is 5.13. The van der Waals surface area contributed by atoms with Crippen LogP contribution in [0, 0.1) is 0 Å². The zero-order valence-corrected chi connectivity index (χ0v) is 17.0. The number of nitrogens with one attached hydrogen (secondary N) is 1. The lowest BCUT2D eigenvalue weighted by Gasteiger charge is -2.23. The Morgan fingerprint density at radius 1 is 0.966 bits per heavy atom. The van der Waals surface area contributed by atoms with E-state index in [0.29, 0.717) is 11.3 Å². The van der Waals surface area contributed by atoms with Crippen molar-refractivity contribution in [1.29, 1.82) is 0 Å². The smallest absolute Gasteiger partial charge is 0.370 e. The van der Waals surface area contributed by atoms with Crippen LogP contribution in [0.1, 0.15) is 28.8 Å². The van der Waals surface area contributed by atoms with Crippen LogP contribution >= 0.6 is 15.9 Å². The predicted octanol–water partition coefficient (Wildman–Crippen LogP) is 6.47. The molecule has 7 heteroatoms. The molecule has 1 N–H and O–H groups in total. The number of benzene rings is 3. The van der Waals surface area contributed by atoms with E-state index in [-0.39, 0.29) is 5.69 Å². The average Bonchev–Trinajstić information content (AvgIpc) is 3.21. The Morgan fingerprint density at radius 3 is 2.38 bits per heavy atom. The molecule has 3 nitrogen and oxygen atoms in total. The lowest BCUT2D eigenvalue weighted by atomic mass is 10.0. The van der Waals surface area contributed by atoms with Crippen molar-refractivity contribution in [3.63, 3.8) is 0 Å². The van der Waals surface area contributed by atoms with Gasteiger partial charge in [-0.1, -0.05) is 40.2 Å². The lowest BCUT2D eigenvalue weighted by Crippen LogP contribution is -2.22. The Bertz CT molecular complexity index is 1080. The predicted molar refractivity (Wildman–Crippen MR) is 112 cm³/mol. The Kier molecular flexibility index (Phi) is 5.25. The maximum absolute atomic E-state index is 13.3. The third kappa shape index (κ3) is 3.96. The normalized spacial score (nSPS) is 14.4. The van der Waals surface area contributed by atoms with E-state index in [1.165, 1.54) is 6.07 Å². The summed E-state index contributed by atoms with van der Waals surface area (Å²) in [5, 5.41) is 4.33. The van der Waals surface area contributed by atoms with E-state index in [2.05, 4.69) is 21.2 Å². The first kappa shape index (κ1) is 19.8. The number of rotatable bonds is 3. The lowest BCUT2D eigenvalue weighted by molar-refractivity contribution is -0.137. The molecule has 0 bridgehead atoms. The Balaban J connectivity index is 1.75. The fourth-order valence-corrected chi connectivity index (χ4v) is 4.20. The van der Waals surface area contributed by atoms with Gasteiger partial charge in [0, 0.05) is 23.1 Å². The summed E-state index contributed by atoms with van der Waals surface area (Å²) in [5.74, 6) is -0.437. The monoisotopic (exact) mass is 462 g/mol. The van der Waals surface area contributed by atoms with E-state index in [9.17, 15) is 18.0 Å². The van der Waals surface area contributed by atoms with Gasteiger partial charge in [-0.05, 0) is 53.9 Å². The number of carbonyl (C=O) groups excluding carboxylic acids is 1. The van der Waals surface area contributed by atoms with Crippen molar-refractivity contribution in [1.82, 2.24) is 0 Å². The summed E-state index contributed by atoms with van der Waals surface area (Å²) in [6.07, 6.45) is -2.52. The van der Waals surface area contributed by atoms with E-state index in [1.54, 1.807) is 12.1 Å². The first-order valence-electron chi connectivity index (χ1n) is 9.29. The van der Waals surface area contributed by atoms with E-state index in [1.807, 2.05) is 29.2 Å². The molecule has 3 aromatic rings. The van der Waals surface area contributed by atoms with Gasteiger partial charge in [0.2, 0.25) is 0 Å². The van der Waals surface area contributed by atoms with Gasteiger partial charge in [-0.25, -0.2) is 0 Å². The van der Waals surface area contributed by atoms with Crippen molar-refractivity contribution in [2.24, 2.45) is 0 Å². The number of alkyl halides is 3. The first-order chi connectivity index (χ1) is 13.8. The van der Waals surface area contributed by atoms with Crippen LogP contribution in [0.3, 0.4) is 0 Å². The van der Waals surface area contributed by atoms with Crippen LogP contribution in [-0.4, -0.2) is 19.0 Å². The van der Waals surface area contributed by atoms with Crippen LogP contribution in [0.4, 0.5) is 24.5 Å². The molecule has 3 aromatic carbocycles. The van der Waals surface area contributed by atoms with E-state index >= 15 is 0 Å². The van der Waals surface area contributed by atoms with E-state index in [0.717, 1.165) is 53.3 Å². The van der Waals surface area contributed by atoms with Crippen molar-refractivity contribution in [2.75, 3.05) is 23.3 Å². The summed E-state index contributed by atoms with van der Waals surface area (Å²) in [4.78, 5) is 15.1. The molecular formula is C22H18BrF3N2O. The van der Waals surface area contributed by atoms with Crippen molar-refractivity contribution in [2.45, 2.75) is 19.0 Å². The SMILES string of the molecule is O=C(Nc1cc(C(F)(F)F)ccc1N1CCCC1)c1cccc2c(Br)cccc12. The van der Waals surface area contributed by atoms with Crippen molar-refractivity contribution < 1.29 is 18.0 Å². The summed E-state index contributed by atoms with van der Waals surface area (Å²) in [6, 6.07) is 14.4. The minimum Gasteiger partial charge on any atom is -0.370 e. The van der Waals surface area contributed by atoms with Crippen LogP contribution < -0.4 is 10.2 Å². The summed E-state index contributed by atoms with van der Waals surface area (Å²) < 4.78 is 40.6. The van der Waals surface area contributed by atoms with Crippen LogP contribution in [0.15, 0.2) is 59.1 Å². The second-order valence-corrected chi connectivity index (χ2v) is 7.87. The summed E-state index contributed by atoms with van der Waals surface area (Å²) in [5.41, 5.74) is 0.425. The largest absolute Gasteiger partial charge is 0.416 e. The van der Waals surface area contributed by atoms with Gasteiger partial charge in [0.15, 0.2) is 0 Å². The fraction of sp³-hybridized carbons (Fsp3) is 0.227. The number of anilines is 2. The minimum atomic E-state index is -4.48. The van der Waals surface area contributed by atoms with Gasteiger partial charge in [0.25, 0.3) is 5.91 Å². The molecule has 1 aliphatic rings. The molecule has 29 heavy (non-hydrogen) atoms. The van der Waals surface area contributed by atoms with Gasteiger partial charge in [0.05, 0.1) is 16.9 Å². The molecule has 1 saturated heterocycles. The van der Waals surface area contributed by atoms with Crippen molar-refractivity contribution in [3.05, 3.63) is 70.2 Å². The molecule has 0 radical (unpaired) electrons. The molecule has 0 unspecified atom stereocenters. The summed E-state index contributed by atoms with van der Waals surface area (Å²) in [7, 11) is 0. The molecule has 4 rings (SSSR count). The maximum atomic E-state index is 13.3. The van der Waals surface area contributed by atoms with Gasteiger partial charge in [-0.15, -0.1) is 0 Å². The highest BCUT2D eigenvalue weighted by molar-refractivity contribution is 9.10. The molecule has 1 amide bonds. The maximum Gasteiger partial charge on any atom is 0.416 e. The van der Waals surface area contributed by atoms with Gasteiger partial charge in [-0.3, -0.25) is 4.79 Å².